The predicted molar refractivity (Wildman–Crippen MR) is 80.6 cm³/mol. The monoisotopic (exact) mass is 307 g/mol. The Hall–Kier alpha value is -1.50. The highest BCUT2D eigenvalue weighted by atomic mass is 32.2. The van der Waals surface area contributed by atoms with E-state index in [9.17, 15) is 9.90 Å². The maximum atomic E-state index is 11.5. The zero-order valence-corrected chi connectivity index (χ0v) is 12.2. The average molecular weight is 307 g/mol. The number of carboxylic acid groups (broad SMARTS) is 1. The number of carbonyl (C=O) groups is 1. The van der Waals surface area contributed by atoms with Crippen LogP contribution in [0.2, 0.25) is 0 Å². The summed E-state index contributed by atoms with van der Waals surface area (Å²) in [6, 6.07) is 9.82. The first-order valence-electron chi connectivity index (χ1n) is 6.19. The summed E-state index contributed by atoms with van der Waals surface area (Å²) in [7, 11) is 0. The van der Waals surface area contributed by atoms with Crippen LogP contribution in [-0.2, 0) is 17.8 Å². The second-order valence-corrected chi connectivity index (χ2v) is 6.32. The van der Waals surface area contributed by atoms with Gasteiger partial charge in [0.2, 0.25) is 0 Å². The van der Waals surface area contributed by atoms with E-state index < -0.39 is 5.97 Å². The first kappa shape index (κ1) is 13.5. The maximum absolute atomic E-state index is 11.5. The number of benzene rings is 1. The zero-order chi connectivity index (χ0) is 13.9. The van der Waals surface area contributed by atoms with E-state index in [-0.39, 0.29) is 0 Å². The molecule has 20 heavy (non-hydrogen) atoms. The van der Waals surface area contributed by atoms with Crippen molar-refractivity contribution in [3.8, 4) is 0 Å². The Morgan fingerprint density at radius 3 is 2.90 bits per heavy atom. The van der Waals surface area contributed by atoms with Crippen molar-refractivity contribution < 1.29 is 14.6 Å². The van der Waals surface area contributed by atoms with Crippen LogP contribution in [-0.4, -0.2) is 17.7 Å². The summed E-state index contributed by atoms with van der Waals surface area (Å²) < 4.78 is 8.56. The smallest absolute Gasteiger partial charge is 0.339 e. The van der Waals surface area contributed by atoms with E-state index in [1.165, 1.54) is 23.3 Å². The van der Waals surface area contributed by atoms with Crippen molar-refractivity contribution in [2.24, 2.45) is 0 Å². The molecule has 0 spiro atoms. The van der Waals surface area contributed by atoms with Crippen molar-refractivity contribution >= 4 is 34.3 Å². The van der Waals surface area contributed by atoms with E-state index in [1.54, 1.807) is 0 Å². The first-order valence-corrected chi connectivity index (χ1v) is 7.82. The minimum absolute atomic E-state index is 0.400. The average Bonchev–Trinajstić information content (AvgIpc) is 2.84. The van der Waals surface area contributed by atoms with Crippen molar-refractivity contribution in [2.75, 3.05) is 11.3 Å². The third kappa shape index (κ3) is 2.67. The van der Waals surface area contributed by atoms with Crippen LogP contribution in [0.1, 0.15) is 20.8 Å². The molecule has 4 nitrogen and oxygen atoms in total. The number of carboxylic acids is 1. The van der Waals surface area contributed by atoms with Gasteiger partial charge in [-0.3, -0.25) is 0 Å². The third-order valence-corrected chi connectivity index (χ3v) is 5.10. The quantitative estimate of drug-likeness (QED) is 0.845. The lowest BCUT2D eigenvalue weighted by atomic mass is 10.1. The van der Waals surface area contributed by atoms with Crippen LogP contribution >= 0.6 is 23.3 Å². The van der Waals surface area contributed by atoms with Crippen molar-refractivity contribution in [3.05, 3.63) is 46.3 Å². The fourth-order valence-electron chi connectivity index (χ4n) is 2.12. The van der Waals surface area contributed by atoms with Gasteiger partial charge < -0.3 is 14.6 Å². The van der Waals surface area contributed by atoms with Crippen LogP contribution < -0.4 is 4.72 Å². The molecule has 2 N–H and O–H groups in total. The molecule has 0 amide bonds. The summed E-state index contributed by atoms with van der Waals surface area (Å²) in [6.45, 7) is 1.10. The number of rotatable bonds is 4. The van der Waals surface area contributed by atoms with Gasteiger partial charge in [-0.2, -0.15) is 0 Å². The summed E-state index contributed by atoms with van der Waals surface area (Å²) in [5.74, 6) is -0.874. The maximum Gasteiger partial charge on any atom is 0.339 e. The Labute approximate surface area is 124 Å². The molecule has 104 valence electrons. The SMILES string of the molecule is O=C(O)c1c(NSc2ccccc2)sc2c1CCOC2. The highest BCUT2D eigenvalue weighted by Crippen LogP contribution is 2.38. The second kappa shape index (κ2) is 5.87. The normalized spacial score (nSPS) is 13.8. The number of ether oxygens (including phenoxy) is 1. The molecule has 1 aromatic carbocycles. The van der Waals surface area contributed by atoms with Crippen LogP contribution in [0.3, 0.4) is 0 Å². The summed E-state index contributed by atoms with van der Waals surface area (Å²) in [5.41, 5.74) is 1.32. The van der Waals surface area contributed by atoms with Gasteiger partial charge in [0.15, 0.2) is 0 Å². The molecule has 0 bridgehead atoms. The lowest BCUT2D eigenvalue weighted by Gasteiger charge is -2.12. The molecule has 0 saturated heterocycles. The predicted octanol–water partition coefficient (Wildman–Crippen LogP) is 3.64. The van der Waals surface area contributed by atoms with Crippen LogP contribution in [0.5, 0.6) is 0 Å². The van der Waals surface area contributed by atoms with E-state index in [2.05, 4.69) is 4.72 Å². The Morgan fingerprint density at radius 2 is 2.15 bits per heavy atom. The Morgan fingerprint density at radius 1 is 1.35 bits per heavy atom. The minimum Gasteiger partial charge on any atom is -0.478 e. The lowest BCUT2D eigenvalue weighted by Crippen LogP contribution is -2.11. The summed E-state index contributed by atoms with van der Waals surface area (Å²) in [4.78, 5) is 13.5. The molecule has 0 saturated carbocycles. The van der Waals surface area contributed by atoms with Crippen molar-refractivity contribution in [1.82, 2.24) is 0 Å². The summed E-state index contributed by atoms with van der Waals surface area (Å²) in [5, 5.41) is 10.1. The molecule has 1 aromatic heterocycles. The van der Waals surface area contributed by atoms with Gasteiger partial charge in [-0.25, -0.2) is 4.79 Å². The van der Waals surface area contributed by atoms with Gasteiger partial charge in [-0.15, -0.1) is 11.3 Å². The lowest BCUT2D eigenvalue weighted by molar-refractivity contribution is 0.0693. The van der Waals surface area contributed by atoms with Crippen molar-refractivity contribution in [3.63, 3.8) is 0 Å². The molecule has 2 aromatic rings. The molecular formula is C14H13NO3S2. The fraction of sp³-hybridized carbons (Fsp3) is 0.214. The number of anilines is 1. The van der Waals surface area contributed by atoms with Gasteiger partial charge in [-0.1, -0.05) is 18.2 Å². The zero-order valence-electron chi connectivity index (χ0n) is 10.6. The standard InChI is InChI=1S/C14H13NO3S2/c16-14(17)12-10-6-7-18-8-11(10)19-13(12)15-20-9-4-2-1-3-5-9/h1-5,15H,6-8H2,(H,16,17). The molecule has 2 heterocycles. The Kier molecular flexibility index (Phi) is 3.95. The second-order valence-electron chi connectivity index (χ2n) is 4.33. The van der Waals surface area contributed by atoms with Gasteiger partial charge in [0.1, 0.15) is 5.00 Å². The number of hydrogen-bond donors (Lipinski definition) is 2. The third-order valence-electron chi connectivity index (χ3n) is 3.04. The minimum atomic E-state index is -0.874. The topological polar surface area (TPSA) is 58.6 Å². The Bertz CT molecular complexity index is 625. The largest absolute Gasteiger partial charge is 0.478 e. The first-order chi connectivity index (χ1) is 9.75. The highest BCUT2D eigenvalue weighted by Gasteiger charge is 2.25. The molecule has 0 aliphatic carbocycles. The fourth-order valence-corrected chi connectivity index (χ4v) is 4.05. The molecular weight excluding hydrogens is 294 g/mol. The van der Waals surface area contributed by atoms with E-state index in [0.717, 1.165) is 15.3 Å². The van der Waals surface area contributed by atoms with E-state index in [1.807, 2.05) is 30.3 Å². The van der Waals surface area contributed by atoms with Gasteiger partial charge >= 0.3 is 5.97 Å². The van der Waals surface area contributed by atoms with Crippen LogP contribution in [0.25, 0.3) is 0 Å². The summed E-state index contributed by atoms with van der Waals surface area (Å²) in [6.07, 6.45) is 0.672. The van der Waals surface area contributed by atoms with Gasteiger partial charge in [0, 0.05) is 9.77 Å². The highest BCUT2D eigenvalue weighted by molar-refractivity contribution is 8.00. The van der Waals surface area contributed by atoms with Crippen molar-refractivity contribution in [1.29, 1.82) is 0 Å². The molecule has 0 radical (unpaired) electrons. The molecule has 3 rings (SSSR count). The van der Waals surface area contributed by atoms with Crippen LogP contribution in [0.15, 0.2) is 35.2 Å². The molecule has 0 unspecified atom stereocenters. The van der Waals surface area contributed by atoms with E-state index in [0.29, 0.717) is 30.2 Å². The molecule has 6 heteroatoms. The number of aromatic carboxylic acids is 1. The Balaban J connectivity index is 1.85. The van der Waals surface area contributed by atoms with Crippen LogP contribution in [0.4, 0.5) is 5.00 Å². The van der Waals surface area contributed by atoms with Gasteiger partial charge in [0.25, 0.3) is 0 Å². The number of fused-ring (bicyclic) bond motifs is 1. The number of thiophene rings is 1. The summed E-state index contributed by atoms with van der Waals surface area (Å²) >= 11 is 2.90. The van der Waals surface area contributed by atoms with E-state index in [4.69, 9.17) is 4.74 Å². The van der Waals surface area contributed by atoms with Crippen LogP contribution in [0, 0.1) is 0 Å². The number of hydrogen-bond acceptors (Lipinski definition) is 5. The molecule has 0 fully saturated rings. The van der Waals surface area contributed by atoms with Gasteiger partial charge in [-0.05, 0) is 36.1 Å². The molecule has 1 aliphatic rings. The van der Waals surface area contributed by atoms with Crippen molar-refractivity contribution in [2.45, 2.75) is 17.9 Å². The molecule has 1 aliphatic heterocycles. The molecule has 0 atom stereocenters. The number of nitrogens with one attached hydrogen (secondary N) is 1. The van der Waals surface area contributed by atoms with E-state index >= 15 is 0 Å². The van der Waals surface area contributed by atoms with Gasteiger partial charge in [0.05, 0.1) is 18.8 Å².